The van der Waals surface area contributed by atoms with Gasteiger partial charge in [-0.2, -0.15) is 0 Å². The average molecular weight is 334 g/mol. The van der Waals surface area contributed by atoms with E-state index in [4.69, 9.17) is 4.74 Å². The smallest absolute Gasteiger partial charge is 0.159 e. The summed E-state index contributed by atoms with van der Waals surface area (Å²) in [6.07, 6.45) is 1.92. The number of nitrogens with zero attached hydrogens (tertiary/aromatic N) is 2. The molecule has 1 aliphatic rings. The third-order valence-corrected chi connectivity index (χ3v) is 4.61. The predicted molar refractivity (Wildman–Crippen MR) is 95.7 cm³/mol. The van der Waals surface area contributed by atoms with E-state index in [9.17, 15) is 9.90 Å². The van der Waals surface area contributed by atoms with E-state index in [0.717, 1.165) is 19.6 Å². The number of rotatable bonds is 8. The highest BCUT2D eigenvalue weighted by Gasteiger charge is 2.19. The second-order valence-corrected chi connectivity index (χ2v) is 7.02. The Balaban J connectivity index is 1.71. The third kappa shape index (κ3) is 6.23. The fourth-order valence-electron chi connectivity index (χ4n) is 3.17. The molecular weight excluding hydrogens is 304 g/mol. The Kier molecular flexibility index (Phi) is 7.21. The molecule has 0 amide bonds. The molecule has 1 atom stereocenters. The SMILES string of the molecule is CC(=O)c1cccc(OCC(O)CN(C)CC2CCN(C)CC2)c1. The zero-order valence-electron chi connectivity index (χ0n) is 15.1. The van der Waals surface area contributed by atoms with Gasteiger partial charge in [0.1, 0.15) is 18.5 Å². The first-order chi connectivity index (χ1) is 11.4. The largest absolute Gasteiger partial charge is 0.491 e. The lowest BCUT2D eigenvalue weighted by molar-refractivity contribution is 0.0670. The number of likely N-dealkylation sites (N-methyl/N-ethyl adjacent to an activating group) is 1. The quantitative estimate of drug-likeness (QED) is 0.736. The first kappa shape index (κ1) is 18.9. The number of carbonyl (C=O) groups is 1. The molecule has 1 fully saturated rings. The molecular formula is C19H30N2O3. The van der Waals surface area contributed by atoms with Gasteiger partial charge in [0.2, 0.25) is 0 Å². The molecule has 0 aromatic heterocycles. The van der Waals surface area contributed by atoms with Crippen molar-refractivity contribution in [1.29, 1.82) is 0 Å². The zero-order chi connectivity index (χ0) is 17.5. The van der Waals surface area contributed by atoms with E-state index in [-0.39, 0.29) is 12.4 Å². The maximum absolute atomic E-state index is 11.4. The topological polar surface area (TPSA) is 53.0 Å². The molecule has 24 heavy (non-hydrogen) atoms. The van der Waals surface area contributed by atoms with Crippen molar-refractivity contribution in [3.8, 4) is 5.75 Å². The van der Waals surface area contributed by atoms with Crippen LogP contribution in [0.4, 0.5) is 0 Å². The van der Waals surface area contributed by atoms with Crippen molar-refractivity contribution < 1.29 is 14.6 Å². The summed E-state index contributed by atoms with van der Waals surface area (Å²) < 4.78 is 5.63. The second kappa shape index (κ2) is 9.16. The molecule has 1 aliphatic heterocycles. The molecule has 1 aromatic rings. The van der Waals surface area contributed by atoms with Crippen LogP contribution < -0.4 is 4.74 Å². The first-order valence-electron chi connectivity index (χ1n) is 8.73. The zero-order valence-corrected chi connectivity index (χ0v) is 15.1. The molecule has 0 spiro atoms. The van der Waals surface area contributed by atoms with Crippen LogP contribution in [-0.2, 0) is 0 Å². The van der Waals surface area contributed by atoms with Gasteiger partial charge in [0.15, 0.2) is 5.78 Å². The summed E-state index contributed by atoms with van der Waals surface area (Å²) in [5.74, 6) is 1.35. The van der Waals surface area contributed by atoms with Crippen LogP contribution >= 0.6 is 0 Å². The van der Waals surface area contributed by atoms with E-state index in [1.54, 1.807) is 24.3 Å². The van der Waals surface area contributed by atoms with Gasteiger partial charge in [-0.25, -0.2) is 0 Å². The van der Waals surface area contributed by atoms with Gasteiger partial charge in [-0.05, 0) is 65.0 Å². The Morgan fingerprint density at radius 3 is 2.79 bits per heavy atom. The van der Waals surface area contributed by atoms with Crippen LogP contribution in [0.25, 0.3) is 0 Å². The summed E-state index contributed by atoms with van der Waals surface area (Å²) in [4.78, 5) is 15.9. The normalized spacial score (nSPS) is 17.9. The van der Waals surface area contributed by atoms with Crippen LogP contribution in [-0.4, -0.2) is 73.7 Å². The number of piperidine rings is 1. The van der Waals surface area contributed by atoms with Crippen molar-refractivity contribution in [2.45, 2.75) is 25.9 Å². The number of carbonyl (C=O) groups excluding carboxylic acids is 1. The lowest BCUT2D eigenvalue weighted by atomic mass is 9.96. The predicted octanol–water partition coefficient (Wildman–Crippen LogP) is 1.90. The van der Waals surface area contributed by atoms with E-state index in [1.165, 1.54) is 19.8 Å². The van der Waals surface area contributed by atoms with Gasteiger partial charge in [-0.15, -0.1) is 0 Å². The average Bonchev–Trinajstić information content (AvgIpc) is 2.55. The summed E-state index contributed by atoms with van der Waals surface area (Å²) in [5.41, 5.74) is 0.626. The van der Waals surface area contributed by atoms with Crippen LogP contribution in [0.3, 0.4) is 0 Å². The number of Topliss-reactive ketones (excluding diaryl/α,β-unsaturated/α-hetero) is 1. The van der Waals surface area contributed by atoms with E-state index in [2.05, 4.69) is 23.9 Å². The molecule has 1 saturated heterocycles. The van der Waals surface area contributed by atoms with Gasteiger partial charge >= 0.3 is 0 Å². The van der Waals surface area contributed by atoms with E-state index < -0.39 is 6.10 Å². The maximum atomic E-state index is 11.4. The van der Waals surface area contributed by atoms with Crippen molar-refractivity contribution in [3.63, 3.8) is 0 Å². The van der Waals surface area contributed by atoms with Crippen LogP contribution in [0.2, 0.25) is 0 Å². The Hall–Kier alpha value is -1.43. The summed E-state index contributed by atoms with van der Waals surface area (Å²) in [6.45, 7) is 5.71. The summed E-state index contributed by atoms with van der Waals surface area (Å²) >= 11 is 0. The molecule has 1 aromatic carbocycles. The Bertz CT molecular complexity index is 527. The number of hydrogen-bond acceptors (Lipinski definition) is 5. The number of aliphatic hydroxyl groups is 1. The minimum Gasteiger partial charge on any atom is -0.491 e. The fraction of sp³-hybridized carbons (Fsp3) is 0.632. The number of benzene rings is 1. The molecule has 1 N–H and O–H groups in total. The molecule has 1 heterocycles. The Morgan fingerprint density at radius 2 is 2.12 bits per heavy atom. The minimum absolute atomic E-state index is 0.0128. The van der Waals surface area contributed by atoms with Gasteiger partial charge in [0.25, 0.3) is 0 Å². The van der Waals surface area contributed by atoms with Crippen molar-refractivity contribution in [2.24, 2.45) is 5.92 Å². The summed E-state index contributed by atoms with van der Waals surface area (Å²) in [5, 5.41) is 10.2. The third-order valence-electron chi connectivity index (χ3n) is 4.61. The molecule has 1 unspecified atom stereocenters. The standard InChI is InChI=1S/C19H30N2O3/c1-15(22)17-5-4-6-19(11-17)24-14-18(23)13-21(3)12-16-7-9-20(2)10-8-16/h4-6,11,16,18,23H,7-10,12-14H2,1-3H3. The highest BCUT2D eigenvalue weighted by Crippen LogP contribution is 2.17. The molecule has 0 radical (unpaired) electrons. The maximum Gasteiger partial charge on any atom is 0.159 e. The van der Waals surface area contributed by atoms with Crippen molar-refractivity contribution in [1.82, 2.24) is 9.80 Å². The van der Waals surface area contributed by atoms with Gasteiger partial charge in [0, 0.05) is 18.7 Å². The van der Waals surface area contributed by atoms with Crippen LogP contribution in [0, 0.1) is 5.92 Å². The van der Waals surface area contributed by atoms with Crippen LogP contribution in [0.1, 0.15) is 30.1 Å². The number of likely N-dealkylation sites (tertiary alicyclic amines) is 1. The monoisotopic (exact) mass is 334 g/mol. The molecule has 5 heteroatoms. The minimum atomic E-state index is -0.540. The van der Waals surface area contributed by atoms with Gasteiger partial charge in [-0.1, -0.05) is 12.1 Å². The highest BCUT2D eigenvalue weighted by molar-refractivity contribution is 5.94. The molecule has 0 bridgehead atoms. The molecule has 134 valence electrons. The molecule has 0 aliphatic carbocycles. The van der Waals surface area contributed by atoms with Gasteiger partial charge in [-0.3, -0.25) is 4.79 Å². The number of ketones is 1. The Labute approximate surface area is 145 Å². The van der Waals surface area contributed by atoms with Crippen LogP contribution in [0.15, 0.2) is 24.3 Å². The highest BCUT2D eigenvalue weighted by atomic mass is 16.5. The van der Waals surface area contributed by atoms with E-state index in [1.807, 2.05) is 0 Å². The van der Waals surface area contributed by atoms with Crippen molar-refractivity contribution in [3.05, 3.63) is 29.8 Å². The Morgan fingerprint density at radius 1 is 1.42 bits per heavy atom. The lowest BCUT2D eigenvalue weighted by Crippen LogP contribution is -2.39. The number of aliphatic hydroxyl groups excluding tert-OH is 1. The lowest BCUT2D eigenvalue weighted by Gasteiger charge is -2.32. The number of ether oxygens (including phenoxy) is 1. The second-order valence-electron chi connectivity index (χ2n) is 7.02. The van der Waals surface area contributed by atoms with E-state index >= 15 is 0 Å². The van der Waals surface area contributed by atoms with Gasteiger partial charge in [0.05, 0.1) is 0 Å². The van der Waals surface area contributed by atoms with E-state index in [0.29, 0.717) is 23.8 Å². The van der Waals surface area contributed by atoms with Crippen LogP contribution in [0.5, 0.6) is 5.75 Å². The molecule has 5 nitrogen and oxygen atoms in total. The summed E-state index contributed by atoms with van der Waals surface area (Å²) in [7, 11) is 4.22. The molecule has 2 rings (SSSR count). The fourth-order valence-corrected chi connectivity index (χ4v) is 3.17. The number of hydrogen-bond donors (Lipinski definition) is 1. The van der Waals surface area contributed by atoms with Crippen molar-refractivity contribution in [2.75, 3.05) is 46.9 Å². The molecule has 0 saturated carbocycles. The first-order valence-corrected chi connectivity index (χ1v) is 8.73. The van der Waals surface area contributed by atoms with Gasteiger partial charge < -0.3 is 19.6 Å². The van der Waals surface area contributed by atoms with Crippen molar-refractivity contribution >= 4 is 5.78 Å². The summed E-state index contributed by atoms with van der Waals surface area (Å²) in [6, 6.07) is 7.09.